The van der Waals surface area contributed by atoms with Crippen LogP contribution in [0.15, 0.2) is 48.5 Å². The summed E-state index contributed by atoms with van der Waals surface area (Å²) in [7, 11) is 0. The standard InChI is InChI=1S/C29H39NO8/c31-28(32)12-15-35-17-19-37-21-20-36-18-16-34-14-7-1-6-13-30-29(33)38-22-27-25-10-4-2-8-23(25)24-9-3-5-11-26(24)27/h2-5,8-11,27H,1,6-7,12-22H2,(H,30,33)(H,31,32). The second-order valence-corrected chi connectivity index (χ2v) is 8.91. The highest BCUT2D eigenvalue weighted by atomic mass is 16.6. The second-order valence-electron chi connectivity index (χ2n) is 8.91. The topological polar surface area (TPSA) is 113 Å². The van der Waals surface area contributed by atoms with Gasteiger partial charge in [-0.1, -0.05) is 48.5 Å². The zero-order valence-corrected chi connectivity index (χ0v) is 21.9. The number of aliphatic carboxylic acids is 1. The minimum Gasteiger partial charge on any atom is -0.481 e. The fourth-order valence-electron chi connectivity index (χ4n) is 4.27. The zero-order chi connectivity index (χ0) is 26.8. The van der Waals surface area contributed by atoms with E-state index in [2.05, 4.69) is 29.6 Å². The van der Waals surface area contributed by atoms with Crippen molar-refractivity contribution in [1.82, 2.24) is 5.32 Å². The molecular weight excluding hydrogens is 490 g/mol. The van der Waals surface area contributed by atoms with Crippen LogP contribution in [-0.4, -0.2) is 83.2 Å². The van der Waals surface area contributed by atoms with Gasteiger partial charge < -0.3 is 34.1 Å². The Morgan fingerprint density at radius 1 is 0.684 bits per heavy atom. The highest BCUT2D eigenvalue weighted by molar-refractivity contribution is 5.79. The average molecular weight is 530 g/mol. The average Bonchev–Trinajstić information content (AvgIpc) is 3.24. The van der Waals surface area contributed by atoms with E-state index in [1.165, 1.54) is 22.3 Å². The van der Waals surface area contributed by atoms with Crippen LogP contribution in [0.5, 0.6) is 0 Å². The molecule has 1 aliphatic carbocycles. The Bertz CT molecular complexity index is 937. The Morgan fingerprint density at radius 3 is 1.79 bits per heavy atom. The van der Waals surface area contributed by atoms with Crippen LogP contribution in [0.2, 0.25) is 0 Å². The Labute approximate surface area is 224 Å². The molecule has 9 heteroatoms. The van der Waals surface area contributed by atoms with E-state index >= 15 is 0 Å². The first-order valence-corrected chi connectivity index (χ1v) is 13.3. The summed E-state index contributed by atoms with van der Waals surface area (Å²) in [5.41, 5.74) is 4.84. The van der Waals surface area contributed by atoms with E-state index < -0.39 is 5.97 Å². The third kappa shape index (κ3) is 10.4. The number of rotatable bonds is 20. The second kappa shape index (κ2) is 17.5. The summed E-state index contributed by atoms with van der Waals surface area (Å²) in [6, 6.07) is 16.6. The molecule has 2 aromatic rings. The molecule has 0 fully saturated rings. The van der Waals surface area contributed by atoms with Gasteiger partial charge in [0.05, 0.1) is 52.7 Å². The summed E-state index contributed by atoms with van der Waals surface area (Å²) in [5.74, 6) is -0.803. The van der Waals surface area contributed by atoms with E-state index in [0.29, 0.717) is 59.4 Å². The first-order valence-electron chi connectivity index (χ1n) is 13.3. The fraction of sp³-hybridized carbons (Fsp3) is 0.517. The molecule has 38 heavy (non-hydrogen) atoms. The van der Waals surface area contributed by atoms with E-state index in [4.69, 9.17) is 28.8 Å². The van der Waals surface area contributed by atoms with Crippen molar-refractivity contribution in [1.29, 1.82) is 0 Å². The molecular formula is C29H39NO8. The normalized spacial score (nSPS) is 12.2. The van der Waals surface area contributed by atoms with Crippen molar-refractivity contribution >= 4 is 12.1 Å². The lowest BCUT2D eigenvalue weighted by atomic mass is 9.98. The first kappa shape index (κ1) is 29.6. The summed E-state index contributed by atoms with van der Waals surface area (Å²) in [5, 5.41) is 11.3. The molecule has 1 amide bonds. The molecule has 0 spiro atoms. The molecule has 208 valence electrons. The molecule has 2 N–H and O–H groups in total. The van der Waals surface area contributed by atoms with Gasteiger partial charge in [-0.2, -0.15) is 0 Å². The Balaban J connectivity index is 1.11. The van der Waals surface area contributed by atoms with Crippen molar-refractivity contribution in [3.63, 3.8) is 0 Å². The lowest BCUT2D eigenvalue weighted by molar-refractivity contribution is -0.138. The highest BCUT2D eigenvalue weighted by Crippen LogP contribution is 2.44. The lowest BCUT2D eigenvalue weighted by Crippen LogP contribution is -2.27. The summed E-state index contributed by atoms with van der Waals surface area (Å²) in [6.45, 7) is 4.49. The number of hydrogen-bond donors (Lipinski definition) is 2. The van der Waals surface area contributed by atoms with E-state index in [0.717, 1.165) is 19.3 Å². The Morgan fingerprint density at radius 2 is 1.21 bits per heavy atom. The molecule has 2 aromatic carbocycles. The molecule has 0 atom stereocenters. The van der Waals surface area contributed by atoms with Gasteiger partial charge in [0.2, 0.25) is 0 Å². The third-order valence-corrected chi connectivity index (χ3v) is 6.15. The van der Waals surface area contributed by atoms with Gasteiger partial charge in [0, 0.05) is 19.1 Å². The van der Waals surface area contributed by atoms with Crippen molar-refractivity contribution in [3.05, 3.63) is 59.7 Å². The lowest BCUT2D eigenvalue weighted by Gasteiger charge is -2.14. The molecule has 0 aromatic heterocycles. The van der Waals surface area contributed by atoms with Gasteiger partial charge in [0.15, 0.2) is 0 Å². The number of carboxylic acids is 1. The van der Waals surface area contributed by atoms with Crippen LogP contribution in [0.3, 0.4) is 0 Å². The monoisotopic (exact) mass is 529 g/mol. The number of carbonyl (C=O) groups excluding carboxylic acids is 1. The van der Waals surface area contributed by atoms with Gasteiger partial charge in [-0.05, 0) is 41.5 Å². The van der Waals surface area contributed by atoms with Crippen LogP contribution in [0.4, 0.5) is 4.79 Å². The number of alkyl carbamates (subject to hydrolysis) is 1. The van der Waals surface area contributed by atoms with Gasteiger partial charge in [0.25, 0.3) is 0 Å². The molecule has 3 rings (SSSR count). The summed E-state index contributed by atoms with van der Waals surface area (Å²) < 4.78 is 27.0. The minimum atomic E-state index is -0.871. The van der Waals surface area contributed by atoms with Crippen LogP contribution in [0, 0.1) is 0 Å². The molecule has 1 aliphatic rings. The summed E-state index contributed by atoms with van der Waals surface area (Å²) in [6.07, 6.45) is 2.35. The maximum atomic E-state index is 12.2. The summed E-state index contributed by atoms with van der Waals surface area (Å²) >= 11 is 0. The molecule has 0 heterocycles. The molecule has 0 saturated carbocycles. The fourth-order valence-corrected chi connectivity index (χ4v) is 4.27. The Kier molecular flexibility index (Phi) is 13.6. The number of carbonyl (C=O) groups is 2. The maximum absolute atomic E-state index is 12.2. The first-order chi connectivity index (χ1) is 18.7. The van der Waals surface area contributed by atoms with Crippen LogP contribution in [-0.2, 0) is 28.5 Å². The number of fused-ring (bicyclic) bond motifs is 3. The SMILES string of the molecule is O=C(O)CCOCCOCCOCCOCCCCCNC(=O)OCC1c2ccccc2-c2ccccc21. The molecule has 9 nitrogen and oxygen atoms in total. The van der Waals surface area contributed by atoms with E-state index in [-0.39, 0.29) is 25.0 Å². The number of unbranched alkanes of at least 4 members (excludes halogenated alkanes) is 2. The predicted molar refractivity (Wildman–Crippen MR) is 142 cm³/mol. The van der Waals surface area contributed by atoms with Crippen LogP contribution in [0.1, 0.15) is 42.7 Å². The minimum absolute atomic E-state index is 0.00129. The van der Waals surface area contributed by atoms with Gasteiger partial charge in [-0.25, -0.2) is 4.79 Å². The Hall–Kier alpha value is -2.98. The van der Waals surface area contributed by atoms with E-state index in [9.17, 15) is 9.59 Å². The van der Waals surface area contributed by atoms with Gasteiger partial charge in [0.1, 0.15) is 6.61 Å². The van der Waals surface area contributed by atoms with E-state index in [1.54, 1.807) is 0 Å². The van der Waals surface area contributed by atoms with Gasteiger partial charge in [-0.15, -0.1) is 0 Å². The van der Waals surface area contributed by atoms with Crippen molar-refractivity contribution < 1.29 is 38.4 Å². The van der Waals surface area contributed by atoms with Crippen molar-refractivity contribution in [2.45, 2.75) is 31.6 Å². The predicted octanol–water partition coefficient (Wildman–Crippen LogP) is 4.24. The van der Waals surface area contributed by atoms with Gasteiger partial charge >= 0.3 is 12.1 Å². The van der Waals surface area contributed by atoms with Gasteiger partial charge in [-0.3, -0.25) is 4.79 Å². The number of nitrogens with one attached hydrogen (secondary N) is 1. The largest absolute Gasteiger partial charge is 0.481 e. The van der Waals surface area contributed by atoms with Crippen LogP contribution >= 0.6 is 0 Å². The number of amides is 1. The maximum Gasteiger partial charge on any atom is 0.407 e. The quantitative estimate of drug-likeness (QED) is 0.245. The molecule has 0 aliphatic heterocycles. The van der Waals surface area contributed by atoms with Crippen molar-refractivity contribution in [2.75, 3.05) is 66.0 Å². The van der Waals surface area contributed by atoms with E-state index in [1.807, 2.05) is 24.3 Å². The number of benzene rings is 2. The number of carboxylic acid groups (broad SMARTS) is 1. The summed E-state index contributed by atoms with van der Waals surface area (Å²) in [4.78, 5) is 22.5. The molecule has 0 radical (unpaired) electrons. The third-order valence-electron chi connectivity index (χ3n) is 6.15. The molecule has 0 bridgehead atoms. The smallest absolute Gasteiger partial charge is 0.407 e. The number of ether oxygens (including phenoxy) is 5. The molecule has 0 saturated heterocycles. The van der Waals surface area contributed by atoms with Crippen molar-refractivity contribution in [2.24, 2.45) is 0 Å². The van der Waals surface area contributed by atoms with Crippen molar-refractivity contribution in [3.8, 4) is 11.1 Å². The number of hydrogen-bond acceptors (Lipinski definition) is 7. The van der Waals surface area contributed by atoms with Crippen LogP contribution in [0.25, 0.3) is 11.1 Å². The van der Waals surface area contributed by atoms with Crippen LogP contribution < -0.4 is 5.32 Å². The molecule has 0 unspecified atom stereocenters. The highest BCUT2D eigenvalue weighted by Gasteiger charge is 2.28. The zero-order valence-electron chi connectivity index (χ0n) is 21.9.